The minimum Gasteiger partial charge on any atom is -0.384 e. The van der Waals surface area contributed by atoms with E-state index in [2.05, 4.69) is 17.2 Å². The van der Waals surface area contributed by atoms with Gasteiger partial charge in [-0.15, -0.1) is 0 Å². The molecule has 4 heteroatoms. The molecule has 0 heterocycles. The van der Waals surface area contributed by atoms with Gasteiger partial charge in [0.2, 0.25) is 0 Å². The Hall–Kier alpha value is -2.64. The molecule has 0 aliphatic rings. The molecular formula is C16H12FNO2. The van der Waals surface area contributed by atoms with Crippen LogP contribution >= 0.6 is 0 Å². The molecule has 0 aliphatic carbocycles. The normalized spacial score (nSPS) is 9.50. The van der Waals surface area contributed by atoms with Crippen molar-refractivity contribution in [2.45, 2.75) is 0 Å². The molecule has 0 spiro atoms. The van der Waals surface area contributed by atoms with E-state index in [0.29, 0.717) is 16.8 Å². The van der Waals surface area contributed by atoms with E-state index in [1.54, 1.807) is 24.3 Å². The lowest BCUT2D eigenvalue weighted by Gasteiger charge is -2.05. The highest BCUT2D eigenvalue weighted by Gasteiger charge is 2.06. The maximum atomic E-state index is 12.8. The van der Waals surface area contributed by atoms with Crippen LogP contribution in [0.4, 0.5) is 10.1 Å². The first-order chi connectivity index (χ1) is 9.69. The quantitative estimate of drug-likeness (QED) is 0.823. The van der Waals surface area contributed by atoms with Gasteiger partial charge >= 0.3 is 0 Å². The maximum Gasteiger partial charge on any atom is 0.255 e. The van der Waals surface area contributed by atoms with Gasteiger partial charge in [0.25, 0.3) is 5.91 Å². The average Bonchev–Trinajstić information content (AvgIpc) is 2.48. The topological polar surface area (TPSA) is 49.3 Å². The number of benzene rings is 2. The van der Waals surface area contributed by atoms with Crippen molar-refractivity contribution in [3.63, 3.8) is 0 Å². The van der Waals surface area contributed by atoms with Crippen molar-refractivity contribution in [3.05, 3.63) is 65.5 Å². The summed E-state index contributed by atoms with van der Waals surface area (Å²) >= 11 is 0. The smallest absolute Gasteiger partial charge is 0.255 e. The average molecular weight is 269 g/mol. The Labute approximate surface area is 116 Å². The van der Waals surface area contributed by atoms with E-state index in [-0.39, 0.29) is 18.3 Å². The van der Waals surface area contributed by atoms with Crippen molar-refractivity contribution < 1.29 is 14.3 Å². The van der Waals surface area contributed by atoms with Crippen LogP contribution in [0.3, 0.4) is 0 Å². The molecule has 2 N–H and O–H groups in total. The van der Waals surface area contributed by atoms with Gasteiger partial charge in [0.05, 0.1) is 0 Å². The van der Waals surface area contributed by atoms with Crippen molar-refractivity contribution >= 4 is 11.6 Å². The van der Waals surface area contributed by atoms with Crippen LogP contribution in [-0.2, 0) is 0 Å². The first-order valence-corrected chi connectivity index (χ1v) is 5.96. The summed E-state index contributed by atoms with van der Waals surface area (Å²) in [7, 11) is 0. The third-order valence-corrected chi connectivity index (χ3v) is 2.54. The number of rotatable bonds is 2. The van der Waals surface area contributed by atoms with Crippen molar-refractivity contribution in [1.82, 2.24) is 0 Å². The van der Waals surface area contributed by atoms with E-state index < -0.39 is 0 Å². The Morgan fingerprint density at radius 1 is 1.20 bits per heavy atom. The number of carbonyl (C=O) groups is 1. The van der Waals surface area contributed by atoms with Gasteiger partial charge in [-0.25, -0.2) is 4.39 Å². The summed E-state index contributed by atoms with van der Waals surface area (Å²) in [5.41, 5.74) is 1.60. The lowest BCUT2D eigenvalue weighted by Crippen LogP contribution is -2.11. The second-order valence-electron chi connectivity index (χ2n) is 4.00. The highest BCUT2D eigenvalue weighted by Crippen LogP contribution is 2.11. The summed E-state index contributed by atoms with van der Waals surface area (Å²) in [6.07, 6.45) is 0. The Morgan fingerprint density at radius 3 is 2.65 bits per heavy atom. The number of nitrogens with one attached hydrogen (secondary N) is 1. The summed E-state index contributed by atoms with van der Waals surface area (Å²) in [4.78, 5) is 12.0. The summed E-state index contributed by atoms with van der Waals surface area (Å²) in [5, 5.41) is 11.3. The van der Waals surface area contributed by atoms with Crippen LogP contribution in [0.25, 0.3) is 0 Å². The number of aliphatic hydroxyl groups excluding tert-OH is 1. The van der Waals surface area contributed by atoms with Crippen LogP contribution in [0.15, 0.2) is 48.5 Å². The number of amides is 1. The van der Waals surface area contributed by atoms with Crippen molar-refractivity contribution in [3.8, 4) is 11.8 Å². The van der Waals surface area contributed by atoms with E-state index in [4.69, 9.17) is 5.11 Å². The summed E-state index contributed by atoms with van der Waals surface area (Å²) in [6.45, 7) is -0.230. The van der Waals surface area contributed by atoms with Crippen LogP contribution in [0.2, 0.25) is 0 Å². The fourth-order valence-electron chi connectivity index (χ4n) is 1.62. The van der Waals surface area contributed by atoms with E-state index in [1.165, 1.54) is 24.3 Å². The molecular weight excluding hydrogens is 257 g/mol. The first-order valence-electron chi connectivity index (χ1n) is 5.96. The molecule has 0 fully saturated rings. The van der Waals surface area contributed by atoms with Gasteiger partial charge in [-0.1, -0.05) is 17.9 Å². The maximum absolute atomic E-state index is 12.8. The zero-order valence-corrected chi connectivity index (χ0v) is 10.6. The first kappa shape index (κ1) is 13.8. The summed E-state index contributed by atoms with van der Waals surface area (Å²) in [6, 6.07) is 12.3. The van der Waals surface area contributed by atoms with Gasteiger partial charge in [0.15, 0.2) is 0 Å². The zero-order chi connectivity index (χ0) is 14.4. The Bertz CT molecular complexity index is 669. The van der Waals surface area contributed by atoms with Gasteiger partial charge in [0.1, 0.15) is 12.4 Å². The second-order valence-corrected chi connectivity index (χ2v) is 4.00. The van der Waals surface area contributed by atoms with Gasteiger partial charge in [0, 0.05) is 16.8 Å². The Balaban J connectivity index is 2.14. The molecule has 20 heavy (non-hydrogen) atoms. The molecule has 2 aromatic carbocycles. The number of aliphatic hydroxyl groups is 1. The molecule has 0 aromatic heterocycles. The van der Waals surface area contributed by atoms with Crippen LogP contribution < -0.4 is 5.32 Å². The molecule has 0 atom stereocenters. The fraction of sp³-hybridized carbons (Fsp3) is 0.0625. The van der Waals surface area contributed by atoms with Crippen LogP contribution in [0.1, 0.15) is 15.9 Å². The van der Waals surface area contributed by atoms with Crippen molar-refractivity contribution in [2.24, 2.45) is 0 Å². The van der Waals surface area contributed by atoms with Crippen molar-refractivity contribution in [2.75, 3.05) is 11.9 Å². The highest BCUT2D eigenvalue weighted by molar-refractivity contribution is 6.04. The number of hydrogen-bond donors (Lipinski definition) is 2. The van der Waals surface area contributed by atoms with Crippen LogP contribution in [0.5, 0.6) is 0 Å². The second kappa shape index (κ2) is 6.50. The van der Waals surface area contributed by atoms with Crippen LogP contribution in [-0.4, -0.2) is 17.6 Å². The van der Waals surface area contributed by atoms with Gasteiger partial charge < -0.3 is 10.4 Å². The van der Waals surface area contributed by atoms with E-state index in [1.807, 2.05) is 0 Å². The number of anilines is 1. The minimum absolute atomic E-state index is 0.230. The number of carbonyl (C=O) groups excluding carboxylic acids is 1. The number of halogens is 1. The largest absolute Gasteiger partial charge is 0.384 e. The SMILES string of the molecule is O=C(Nc1ccc(F)cc1)c1cccc(C#CCO)c1. The Kier molecular flexibility index (Phi) is 4.48. The summed E-state index contributed by atoms with van der Waals surface area (Å²) < 4.78 is 12.8. The molecule has 0 unspecified atom stereocenters. The van der Waals surface area contributed by atoms with Gasteiger partial charge in [-0.3, -0.25) is 4.79 Å². The predicted molar refractivity (Wildman–Crippen MR) is 74.8 cm³/mol. The lowest BCUT2D eigenvalue weighted by molar-refractivity contribution is 0.102. The molecule has 0 saturated heterocycles. The summed E-state index contributed by atoms with van der Waals surface area (Å²) in [5.74, 6) is 4.59. The van der Waals surface area contributed by atoms with Gasteiger partial charge in [-0.2, -0.15) is 0 Å². The molecule has 0 radical (unpaired) electrons. The molecule has 1 amide bonds. The lowest BCUT2D eigenvalue weighted by atomic mass is 10.1. The zero-order valence-electron chi connectivity index (χ0n) is 10.6. The Morgan fingerprint density at radius 2 is 1.95 bits per heavy atom. The van der Waals surface area contributed by atoms with E-state index in [9.17, 15) is 9.18 Å². The molecule has 0 bridgehead atoms. The fourth-order valence-corrected chi connectivity index (χ4v) is 1.62. The molecule has 100 valence electrons. The molecule has 0 aliphatic heterocycles. The van der Waals surface area contributed by atoms with Gasteiger partial charge in [-0.05, 0) is 42.5 Å². The predicted octanol–water partition coefficient (Wildman–Crippen LogP) is 2.42. The molecule has 3 nitrogen and oxygen atoms in total. The third-order valence-electron chi connectivity index (χ3n) is 2.54. The van der Waals surface area contributed by atoms with E-state index >= 15 is 0 Å². The minimum atomic E-state index is -0.357. The number of hydrogen-bond acceptors (Lipinski definition) is 2. The molecule has 2 rings (SSSR count). The van der Waals surface area contributed by atoms with Crippen molar-refractivity contribution in [1.29, 1.82) is 0 Å². The van der Waals surface area contributed by atoms with E-state index in [0.717, 1.165) is 0 Å². The molecule has 2 aromatic rings. The standard InChI is InChI=1S/C16H12FNO2/c17-14-6-8-15(9-7-14)18-16(20)13-5-1-3-12(11-13)4-2-10-19/h1,3,5-9,11,19H,10H2,(H,18,20). The molecule has 0 saturated carbocycles. The third kappa shape index (κ3) is 3.67. The highest BCUT2D eigenvalue weighted by atomic mass is 19.1. The van der Waals surface area contributed by atoms with Crippen LogP contribution in [0, 0.1) is 17.7 Å². The monoisotopic (exact) mass is 269 g/mol.